The second-order valence-corrected chi connectivity index (χ2v) is 5.14. The highest BCUT2D eigenvalue weighted by Gasteiger charge is 2.11. The van der Waals surface area contributed by atoms with Gasteiger partial charge in [-0.3, -0.25) is 9.59 Å². The van der Waals surface area contributed by atoms with Gasteiger partial charge in [0, 0.05) is 17.7 Å². The third-order valence-electron chi connectivity index (χ3n) is 3.33. The predicted molar refractivity (Wildman–Crippen MR) is 91.0 cm³/mol. The molecule has 120 valence electrons. The zero-order valence-corrected chi connectivity index (χ0v) is 13.5. The Labute approximate surface area is 135 Å². The van der Waals surface area contributed by atoms with Gasteiger partial charge in [-0.15, -0.1) is 0 Å². The van der Waals surface area contributed by atoms with E-state index in [1.807, 2.05) is 25.1 Å². The van der Waals surface area contributed by atoms with Crippen molar-refractivity contribution in [2.75, 3.05) is 17.7 Å². The van der Waals surface area contributed by atoms with Crippen molar-refractivity contribution in [1.82, 2.24) is 0 Å². The molecule has 0 saturated carbocycles. The highest BCUT2D eigenvalue weighted by Crippen LogP contribution is 2.26. The van der Waals surface area contributed by atoms with Crippen LogP contribution in [0.25, 0.3) is 0 Å². The summed E-state index contributed by atoms with van der Waals surface area (Å²) in [5.41, 5.74) is 2.69. The quantitative estimate of drug-likeness (QED) is 0.886. The molecular weight excluding hydrogens is 292 g/mol. The van der Waals surface area contributed by atoms with Crippen LogP contribution in [0.2, 0.25) is 0 Å². The molecule has 0 atom stereocenters. The van der Waals surface area contributed by atoms with Crippen LogP contribution < -0.4 is 15.4 Å². The molecular formula is C18H20N2O3. The Kier molecular flexibility index (Phi) is 5.36. The molecule has 23 heavy (non-hydrogen) atoms. The first-order valence-corrected chi connectivity index (χ1v) is 7.39. The number of aryl methyl sites for hydroxylation is 1. The van der Waals surface area contributed by atoms with Crippen LogP contribution in [0.4, 0.5) is 11.4 Å². The zero-order chi connectivity index (χ0) is 16.8. The number of methoxy groups -OCH3 is 1. The van der Waals surface area contributed by atoms with Gasteiger partial charge in [-0.1, -0.05) is 19.1 Å². The van der Waals surface area contributed by atoms with Gasteiger partial charge in [0.2, 0.25) is 5.91 Å². The molecule has 0 bridgehead atoms. The number of rotatable bonds is 5. The Hall–Kier alpha value is -2.82. The summed E-state index contributed by atoms with van der Waals surface area (Å²) < 4.78 is 5.26. The van der Waals surface area contributed by atoms with E-state index < -0.39 is 0 Å². The minimum Gasteiger partial charge on any atom is -0.495 e. The number of nitrogens with one attached hydrogen (secondary N) is 2. The number of hydrogen-bond donors (Lipinski definition) is 2. The number of hydrogen-bond acceptors (Lipinski definition) is 3. The van der Waals surface area contributed by atoms with E-state index in [1.54, 1.807) is 38.3 Å². The standard InChI is InChI=1S/C18H20N2O3/c1-4-17(21)19-14-7-5-6-13(11-14)18(22)20-15-10-12(2)8-9-16(15)23-3/h5-11H,4H2,1-3H3,(H,19,21)(H,20,22). The van der Waals surface area contributed by atoms with Crippen molar-refractivity contribution in [2.24, 2.45) is 0 Å². The van der Waals surface area contributed by atoms with Gasteiger partial charge in [-0.05, 0) is 42.8 Å². The lowest BCUT2D eigenvalue weighted by molar-refractivity contribution is -0.115. The number of benzene rings is 2. The Bertz CT molecular complexity index is 726. The van der Waals surface area contributed by atoms with Crippen LogP contribution in [-0.4, -0.2) is 18.9 Å². The molecule has 2 aromatic rings. The number of anilines is 2. The Morgan fingerprint density at radius 3 is 2.57 bits per heavy atom. The normalized spacial score (nSPS) is 10.0. The van der Waals surface area contributed by atoms with E-state index in [2.05, 4.69) is 10.6 Å². The fourth-order valence-electron chi connectivity index (χ4n) is 2.10. The summed E-state index contributed by atoms with van der Waals surface area (Å²) >= 11 is 0. The topological polar surface area (TPSA) is 67.4 Å². The smallest absolute Gasteiger partial charge is 0.255 e. The van der Waals surface area contributed by atoms with Crippen molar-refractivity contribution in [2.45, 2.75) is 20.3 Å². The number of carbonyl (C=O) groups excluding carboxylic acids is 2. The second kappa shape index (κ2) is 7.45. The highest BCUT2D eigenvalue weighted by molar-refractivity contribution is 6.06. The van der Waals surface area contributed by atoms with Crippen molar-refractivity contribution in [3.05, 3.63) is 53.6 Å². The average molecular weight is 312 g/mol. The summed E-state index contributed by atoms with van der Waals surface area (Å²) in [4.78, 5) is 23.9. The van der Waals surface area contributed by atoms with Gasteiger partial charge in [0.25, 0.3) is 5.91 Å². The van der Waals surface area contributed by atoms with Gasteiger partial charge < -0.3 is 15.4 Å². The van der Waals surface area contributed by atoms with Gasteiger partial charge >= 0.3 is 0 Å². The summed E-state index contributed by atoms with van der Waals surface area (Å²) in [7, 11) is 1.56. The monoisotopic (exact) mass is 312 g/mol. The molecule has 0 aliphatic carbocycles. The lowest BCUT2D eigenvalue weighted by atomic mass is 10.1. The largest absolute Gasteiger partial charge is 0.495 e. The lowest BCUT2D eigenvalue weighted by Crippen LogP contribution is -2.14. The first kappa shape index (κ1) is 16.5. The van der Waals surface area contributed by atoms with Crippen LogP contribution in [0.15, 0.2) is 42.5 Å². The molecule has 0 spiro atoms. The molecule has 0 heterocycles. The molecule has 0 fully saturated rings. The Morgan fingerprint density at radius 2 is 1.87 bits per heavy atom. The first-order chi connectivity index (χ1) is 11.0. The summed E-state index contributed by atoms with van der Waals surface area (Å²) in [6.45, 7) is 3.71. The van der Waals surface area contributed by atoms with Crippen LogP contribution in [0, 0.1) is 6.92 Å². The third-order valence-corrected chi connectivity index (χ3v) is 3.33. The van der Waals surface area contributed by atoms with Crippen molar-refractivity contribution in [3.8, 4) is 5.75 Å². The van der Waals surface area contributed by atoms with Crippen LogP contribution in [0.5, 0.6) is 5.75 Å². The van der Waals surface area contributed by atoms with Gasteiger partial charge in [0.1, 0.15) is 5.75 Å². The number of amides is 2. The van der Waals surface area contributed by atoms with Gasteiger partial charge in [-0.25, -0.2) is 0 Å². The second-order valence-electron chi connectivity index (χ2n) is 5.14. The number of ether oxygens (including phenoxy) is 1. The maximum atomic E-state index is 12.4. The molecule has 5 heteroatoms. The van der Waals surface area contributed by atoms with E-state index >= 15 is 0 Å². The van der Waals surface area contributed by atoms with Crippen LogP contribution >= 0.6 is 0 Å². The van der Waals surface area contributed by atoms with Crippen LogP contribution in [0.3, 0.4) is 0 Å². The van der Waals surface area contributed by atoms with E-state index in [4.69, 9.17) is 4.74 Å². The molecule has 0 saturated heterocycles. The Balaban J connectivity index is 2.19. The molecule has 0 aromatic heterocycles. The fraction of sp³-hybridized carbons (Fsp3) is 0.222. The lowest BCUT2D eigenvalue weighted by Gasteiger charge is -2.12. The molecule has 2 N–H and O–H groups in total. The maximum Gasteiger partial charge on any atom is 0.255 e. The average Bonchev–Trinajstić information content (AvgIpc) is 2.55. The Morgan fingerprint density at radius 1 is 1.09 bits per heavy atom. The fourth-order valence-corrected chi connectivity index (χ4v) is 2.10. The summed E-state index contributed by atoms with van der Waals surface area (Å²) in [6, 6.07) is 12.4. The van der Waals surface area contributed by atoms with Crippen molar-refractivity contribution in [3.63, 3.8) is 0 Å². The van der Waals surface area contributed by atoms with Crippen molar-refractivity contribution in [1.29, 1.82) is 0 Å². The van der Waals surface area contributed by atoms with Gasteiger partial charge in [0.05, 0.1) is 12.8 Å². The van der Waals surface area contributed by atoms with E-state index in [1.165, 1.54) is 0 Å². The third kappa shape index (κ3) is 4.32. The van der Waals surface area contributed by atoms with E-state index in [-0.39, 0.29) is 11.8 Å². The molecule has 2 amide bonds. The molecule has 0 unspecified atom stereocenters. The maximum absolute atomic E-state index is 12.4. The van der Waals surface area contributed by atoms with Gasteiger partial charge in [0.15, 0.2) is 0 Å². The molecule has 2 rings (SSSR count). The van der Waals surface area contributed by atoms with Crippen LogP contribution in [-0.2, 0) is 4.79 Å². The van der Waals surface area contributed by atoms with Crippen molar-refractivity contribution < 1.29 is 14.3 Å². The van der Waals surface area contributed by atoms with Crippen molar-refractivity contribution >= 4 is 23.2 Å². The minimum absolute atomic E-state index is 0.0945. The minimum atomic E-state index is -0.263. The van der Waals surface area contributed by atoms with Gasteiger partial charge in [-0.2, -0.15) is 0 Å². The first-order valence-electron chi connectivity index (χ1n) is 7.39. The zero-order valence-electron chi connectivity index (χ0n) is 13.5. The molecule has 0 aliphatic heterocycles. The molecule has 2 aromatic carbocycles. The summed E-state index contributed by atoms with van der Waals surface area (Å²) in [6.07, 6.45) is 0.386. The molecule has 0 radical (unpaired) electrons. The predicted octanol–water partition coefficient (Wildman–Crippen LogP) is 3.60. The van der Waals surface area contributed by atoms with E-state index in [0.29, 0.717) is 29.1 Å². The molecule has 5 nitrogen and oxygen atoms in total. The molecule has 0 aliphatic rings. The SMILES string of the molecule is CCC(=O)Nc1cccc(C(=O)Nc2cc(C)ccc2OC)c1. The highest BCUT2D eigenvalue weighted by atomic mass is 16.5. The van der Waals surface area contributed by atoms with Crippen LogP contribution in [0.1, 0.15) is 29.3 Å². The number of carbonyl (C=O) groups is 2. The van der Waals surface area contributed by atoms with E-state index in [9.17, 15) is 9.59 Å². The summed E-state index contributed by atoms with van der Waals surface area (Å²) in [5.74, 6) is 0.240. The van der Waals surface area contributed by atoms with E-state index in [0.717, 1.165) is 5.56 Å². The summed E-state index contributed by atoms with van der Waals surface area (Å²) in [5, 5.41) is 5.58.